The molecular weight excluding hydrogens is 339 g/mol. The van der Waals surface area contributed by atoms with E-state index in [0.717, 1.165) is 12.8 Å². The van der Waals surface area contributed by atoms with Gasteiger partial charge in [0, 0.05) is 6.04 Å². The molecule has 0 aliphatic heterocycles. The van der Waals surface area contributed by atoms with Crippen molar-refractivity contribution in [2.75, 3.05) is 5.75 Å². The second kappa shape index (κ2) is 7.99. The van der Waals surface area contributed by atoms with Crippen molar-refractivity contribution in [3.05, 3.63) is 30.1 Å². The molecule has 25 heavy (non-hydrogen) atoms. The van der Waals surface area contributed by atoms with Gasteiger partial charge in [-0.05, 0) is 30.4 Å². The van der Waals surface area contributed by atoms with E-state index in [0.29, 0.717) is 28.4 Å². The lowest BCUT2D eigenvalue weighted by Gasteiger charge is -2.34. The van der Waals surface area contributed by atoms with Crippen molar-refractivity contribution in [2.45, 2.75) is 44.3 Å². The average Bonchev–Trinajstić information content (AvgIpc) is 3.06. The van der Waals surface area contributed by atoms with Crippen LogP contribution in [0.5, 0.6) is 0 Å². The number of carbonyl (C=O) groups excluding carboxylic acids is 1. The highest BCUT2D eigenvalue weighted by Crippen LogP contribution is 2.29. The molecule has 3 atom stereocenters. The lowest BCUT2D eigenvalue weighted by atomic mass is 9.78. The number of thioether (sulfide) groups is 1. The number of rotatable bonds is 5. The minimum Gasteiger partial charge on any atom is -0.352 e. The van der Waals surface area contributed by atoms with Gasteiger partial charge in [-0.3, -0.25) is 9.89 Å². The fourth-order valence-corrected chi connectivity index (χ4v) is 3.86. The first-order valence-electron chi connectivity index (χ1n) is 8.64. The van der Waals surface area contributed by atoms with Crippen molar-refractivity contribution >= 4 is 17.7 Å². The first kappa shape index (κ1) is 17.9. The largest absolute Gasteiger partial charge is 0.352 e. The normalized spacial score (nSPS) is 23.4. The summed E-state index contributed by atoms with van der Waals surface area (Å²) in [5.74, 6) is 1.41. The zero-order chi connectivity index (χ0) is 17.8. The summed E-state index contributed by atoms with van der Waals surface area (Å²) in [7, 11) is 0. The Kier molecular flexibility index (Phi) is 5.73. The minimum absolute atomic E-state index is 0.00630. The number of benzene rings is 1. The van der Waals surface area contributed by atoms with Gasteiger partial charge in [0.2, 0.25) is 11.1 Å². The molecule has 134 valence electrons. The average molecular weight is 362 g/mol. The summed E-state index contributed by atoms with van der Waals surface area (Å²) in [6.45, 7) is 4.45. The lowest BCUT2D eigenvalue weighted by Crippen LogP contribution is -2.44. The van der Waals surface area contributed by atoms with Crippen molar-refractivity contribution in [2.24, 2.45) is 11.8 Å². The van der Waals surface area contributed by atoms with Crippen molar-refractivity contribution in [3.8, 4) is 11.4 Å². The smallest absolute Gasteiger partial charge is 0.230 e. The Bertz CT molecular complexity index is 735. The molecule has 3 unspecified atom stereocenters. The molecule has 1 aliphatic rings. The van der Waals surface area contributed by atoms with Gasteiger partial charge in [-0.25, -0.2) is 9.37 Å². The fourth-order valence-electron chi connectivity index (χ4n) is 3.25. The highest BCUT2D eigenvalue weighted by Gasteiger charge is 2.28. The number of amides is 1. The molecule has 1 heterocycles. The first-order valence-corrected chi connectivity index (χ1v) is 9.62. The van der Waals surface area contributed by atoms with Crippen LogP contribution in [0.2, 0.25) is 0 Å². The molecule has 2 N–H and O–H groups in total. The van der Waals surface area contributed by atoms with Crippen LogP contribution in [0.4, 0.5) is 4.39 Å². The van der Waals surface area contributed by atoms with E-state index in [1.54, 1.807) is 18.2 Å². The number of aromatic nitrogens is 3. The van der Waals surface area contributed by atoms with Crippen LogP contribution in [0, 0.1) is 17.7 Å². The maximum Gasteiger partial charge on any atom is 0.230 e. The SMILES string of the molecule is CC1CCCC(NC(=O)CSc2n[nH]c(-c3ccccc3F)n2)C1C. The minimum atomic E-state index is -0.353. The number of aromatic amines is 1. The van der Waals surface area contributed by atoms with E-state index >= 15 is 0 Å². The Morgan fingerprint density at radius 1 is 1.36 bits per heavy atom. The van der Waals surface area contributed by atoms with Crippen LogP contribution in [0.1, 0.15) is 33.1 Å². The zero-order valence-corrected chi connectivity index (χ0v) is 15.3. The number of hydrogen-bond acceptors (Lipinski definition) is 4. The molecule has 1 aliphatic carbocycles. The lowest BCUT2D eigenvalue weighted by molar-refractivity contribution is -0.120. The fraction of sp³-hybridized carbons (Fsp3) is 0.500. The number of carbonyl (C=O) groups is 1. The summed E-state index contributed by atoms with van der Waals surface area (Å²) >= 11 is 1.25. The van der Waals surface area contributed by atoms with Gasteiger partial charge in [-0.2, -0.15) is 0 Å². The summed E-state index contributed by atoms with van der Waals surface area (Å²) in [5, 5.41) is 10.4. The molecule has 3 rings (SSSR count). The molecule has 7 heteroatoms. The van der Waals surface area contributed by atoms with Gasteiger partial charge in [0.15, 0.2) is 5.82 Å². The van der Waals surface area contributed by atoms with Crippen LogP contribution in [-0.2, 0) is 4.79 Å². The highest BCUT2D eigenvalue weighted by atomic mass is 32.2. The summed E-state index contributed by atoms with van der Waals surface area (Å²) in [5.41, 5.74) is 0.372. The standard InChI is InChI=1S/C18H23FN4OS/c1-11-6-5-9-15(12(11)2)20-16(24)10-25-18-21-17(22-23-18)13-7-3-4-8-14(13)19/h3-4,7-8,11-12,15H,5-6,9-10H2,1-2H3,(H,20,24)(H,21,22,23). The maximum atomic E-state index is 13.8. The van der Waals surface area contributed by atoms with E-state index in [2.05, 4.69) is 34.3 Å². The Balaban J connectivity index is 1.54. The van der Waals surface area contributed by atoms with Crippen LogP contribution in [0.15, 0.2) is 29.4 Å². The Labute approximate surface area is 151 Å². The first-order chi connectivity index (χ1) is 12.0. The molecule has 0 spiro atoms. The van der Waals surface area contributed by atoms with E-state index in [1.807, 2.05) is 0 Å². The highest BCUT2D eigenvalue weighted by molar-refractivity contribution is 7.99. The molecule has 2 aromatic rings. The van der Waals surface area contributed by atoms with Gasteiger partial charge < -0.3 is 5.32 Å². The monoisotopic (exact) mass is 362 g/mol. The van der Waals surface area contributed by atoms with Crippen LogP contribution >= 0.6 is 11.8 Å². The van der Waals surface area contributed by atoms with Gasteiger partial charge in [-0.1, -0.05) is 50.6 Å². The number of H-pyrrole nitrogens is 1. The molecule has 0 saturated heterocycles. The van der Waals surface area contributed by atoms with Crippen molar-refractivity contribution in [1.29, 1.82) is 0 Å². The predicted molar refractivity (Wildman–Crippen MR) is 96.6 cm³/mol. The molecule has 0 radical (unpaired) electrons. The van der Waals surface area contributed by atoms with Gasteiger partial charge in [-0.15, -0.1) is 5.10 Å². The molecular formula is C18H23FN4OS. The van der Waals surface area contributed by atoms with Crippen LogP contribution in [0.3, 0.4) is 0 Å². The van der Waals surface area contributed by atoms with Crippen molar-refractivity contribution < 1.29 is 9.18 Å². The van der Waals surface area contributed by atoms with E-state index in [9.17, 15) is 9.18 Å². The van der Waals surface area contributed by atoms with E-state index in [-0.39, 0.29) is 23.5 Å². The Morgan fingerprint density at radius 3 is 2.96 bits per heavy atom. The predicted octanol–water partition coefficient (Wildman–Crippen LogP) is 3.64. The number of hydrogen-bond donors (Lipinski definition) is 2. The molecule has 1 aromatic carbocycles. The second-order valence-electron chi connectivity index (χ2n) is 6.68. The molecule has 1 fully saturated rings. The summed E-state index contributed by atoms with van der Waals surface area (Å²) in [6.07, 6.45) is 3.44. The van der Waals surface area contributed by atoms with Crippen LogP contribution in [-0.4, -0.2) is 32.9 Å². The molecule has 1 aromatic heterocycles. The van der Waals surface area contributed by atoms with Gasteiger partial charge in [0.1, 0.15) is 5.82 Å². The van der Waals surface area contributed by atoms with E-state index in [1.165, 1.54) is 24.2 Å². The van der Waals surface area contributed by atoms with Crippen LogP contribution < -0.4 is 5.32 Å². The number of nitrogens with one attached hydrogen (secondary N) is 2. The van der Waals surface area contributed by atoms with E-state index < -0.39 is 0 Å². The quantitative estimate of drug-likeness (QED) is 0.797. The summed E-state index contributed by atoms with van der Waals surface area (Å²) in [4.78, 5) is 16.5. The van der Waals surface area contributed by atoms with Gasteiger partial charge >= 0.3 is 0 Å². The summed E-state index contributed by atoms with van der Waals surface area (Å²) < 4.78 is 13.8. The number of nitrogens with zero attached hydrogens (tertiary/aromatic N) is 2. The van der Waals surface area contributed by atoms with Crippen LogP contribution in [0.25, 0.3) is 11.4 Å². The third-order valence-electron chi connectivity index (χ3n) is 4.98. The van der Waals surface area contributed by atoms with Gasteiger partial charge in [0.25, 0.3) is 0 Å². The molecule has 1 amide bonds. The summed E-state index contributed by atoms with van der Waals surface area (Å²) in [6, 6.07) is 6.64. The molecule has 1 saturated carbocycles. The van der Waals surface area contributed by atoms with Crippen molar-refractivity contribution in [3.63, 3.8) is 0 Å². The zero-order valence-electron chi connectivity index (χ0n) is 14.5. The van der Waals surface area contributed by atoms with Gasteiger partial charge in [0.05, 0.1) is 11.3 Å². The molecule has 5 nitrogen and oxygen atoms in total. The third kappa shape index (κ3) is 4.39. The third-order valence-corrected chi connectivity index (χ3v) is 5.83. The maximum absolute atomic E-state index is 13.8. The molecule has 0 bridgehead atoms. The van der Waals surface area contributed by atoms with E-state index in [4.69, 9.17) is 0 Å². The second-order valence-corrected chi connectivity index (χ2v) is 7.62. The van der Waals surface area contributed by atoms with Crippen molar-refractivity contribution in [1.82, 2.24) is 20.5 Å². The number of halogens is 1. The topological polar surface area (TPSA) is 70.7 Å². The Hall–Kier alpha value is -1.89. The Morgan fingerprint density at radius 2 is 2.16 bits per heavy atom.